The predicted octanol–water partition coefficient (Wildman–Crippen LogP) is 0.344. The Balaban J connectivity index is 4.51. The van der Waals surface area contributed by atoms with Gasteiger partial charge in [-0.05, 0) is 13.1 Å². The number of carboxylic acids is 1. The van der Waals surface area contributed by atoms with Crippen molar-refractivity contribution in [2.45, 2.75) is 26.3 Å². The van der Waals surface area contributed by atoms with Crippen molar-refractivity contribution in [3.8, 4) is 0 Å². The summed E-state index contributed by atoms with van der Waals surface area (Å²) in [5.74, 6) is -1.48. The third-order valence-electron chi connectivity index (χ3n) is 2.09. The zero-order chi connectivity index (χ0) is 11.1. The monoisotopic (exact) mass is 203 g/mol. The van der Waals surface area contributed by atoms with Gasteiger partial charge in [0.05, 0.1) is 13.5 Å². The maximum Gasteiger partial charge on any atom is 0.323 e. The van der Waals surface area contributed by atoms with E-state index in [1.54, 1.807) is 4.90 Å². The van der Waals surface area contributed by atoms with E-state index >= 15 is 0 Å². The van der Waals surface area contributed by atoms with Crippen LogP contribution in [0.5, 0.6) is 0 Å². The van der Waals surface area contributed by atoms with Gasteiger partial charge in [0, 0.05) is 0 Å². The number of carboxylic acid groups (broad SMARTS) is 1. The predicted molar refractivity (Wildman–Crippen MR) is 51.0 cm³/mol. The Kier molecular flexibility index (Phi) is 5.87. The van der Waals surface area contributed by atoms with Gasteiger partial charge in [0.25, 0.3) is 0 Å². The summed E-state index contributed by atoms with van der Waals surface area (Å²) in [4.78, 5) is 23.6. The van der Waals surface area contributed by atoms with E-state index in [0.717, 1.165) is 0 Å². The molecule has 0 radical (unpaired) electrons. The van der Waals surface area contributed by atoms with Crippen molar-refractivity contribution in [2.24, 2.45) is 0 Å². The normalized spacial score (nSPS) is 12.6. The molecule has 0 aromatic heterocycles. The molecule has 0 saturated heterocycles. The summed E-state index contributed by atoms with van der Waals surface area (Å²) in [6.07, 6.45) is -0.214. The quantitative estimate of drug-likeness (QED) is 0.631. The molecule has 14 heavy (non-hydrogen) atoms. The molecule has 1 unspecified atom stereocenters. The van der Waals surface area contributed by atoms with Crippen LogP contribution >= 0.6 is 0 Å². The molecular formula is C9H17NO4. The number of likely N-dealkylation sites (N-methyl/N-ethyl adjacent to an activating group) is 1. The summed E-state index contributed by atoms with van der Waals surface area (Å²) in [5.41, 5.74) is 0. The molecule has 0 heterocycles. The standard InChI is InChI=1S/C9H17NO4/c1-4-10(5-2)7(6-8(11)12)9(13)14-3/h7H,4-6H2,1-3H3,(H,11,12). The summed E-state index contributed by atoms with van der Waals surface area (Å²) in [7, 11) is 1.26. The maximum absolute atomic E-state index is 11.3. The van der Waals surface area contributed by atoms with Gasteiger partial charge in [0.2, 0.25) is 0 Å². The highest BCUT2D eigenvalue weighted by Crippen LogP contribution is 2.06. The molecule has 0 aliphatic carbocycles. The highest BCUT2D eigenvalue weighted by molar-refractivity contribution is 5.81. The molecule has 0 amide bonds. The van der Waals surface area contributed by atoms with Crippen LogP contribution in [-0.4, -0.2) is 48.2 Å². The van der Waals surface area contributed by atoms with Gasteiger partial charge in [-0.2, -0.15) is 0 Å². The van der Waals surface area contributed by atoms with Crippen LogP contribution in [-0.2, 0) is 14.3 Å². The lowest BCUT2D eigenvalue weighted by molar-refractivity contribution is -0.152. The molecular weight excluding hydrogens is 186 g/mol. The topological polar surface area (TPSA) is 66.8 Å². The van der Waals surface area contributed by atoms with Crippen LogP contribution in [0.1, 0.15) is 20.3 Å². The van der Waals surface area contributed by atoms with E-state index in [9.17, 15) is 9.59 Å². The van der Waals surface area contributed by atoms with E-state index in [1.807, 2.05) is 13.8 Å². The van der Waals surface area contributed by atoms with E-state index in [1.165, 1.54) is 7.11 Å². The third kappa shape index (κ3) is 3.74. The second kappa shape index (κ2) is 6.37. The molecule has 0 spiro atoms. The van der Waals surface area contributed by atoms with Gasteiger partial charge in [0.15, 0.2) is 0 Å². The lowest BCUT2D eigenvalue weighted by atomic mass is 10.1. The minimum absolute atomic E-state index is 0.214. The molecule has 1 N–H and O–H groups in total. The van der Waals surface area contributed by atoms with Gasteiger partial charge in [-0.15, -0.1) is 0 Å². The van der Waals surface area contributed by atoms with Crippen molar-refractivity contribution in [3.05, 3.63) is 0 Å². The minimum Gasteiger partial charge on any atom is -0.481 e. The maximum atomic E-state index is 11.3. The Hall–Kier alpha value is -1.10. The molecule has 0 saturated carbocycles. The van der Waals surface area contributed by atoms with Crippen molar-refractivity contribution in [1.29, 1.82) is 0 Å². The Morgan fingerprint density at radius 3 is 2.14 bits per heavy atom. The molecule has 82 valence electrons. The smallest absolute Gasteiger partial charge is 0.323 e. The summed E-state index contributed by atoms with van der Waals surface area (Å²) < 4.78 is 4.55. The molecule has 0 aromatic rings. The van der Waals surface area contributed by atoms with Gasteiger partial charge in [-0.1, -0.05) is 13.8 Å². The zero-order valence-corrected chi connectivity index (χ0v) is 8.82. The molecule has 0 fully saturated rings. The average molecular weight is 203 g/mol. The first-order valence-electron chi connectivity index (χ1n) is 4.60. The first-order chi connectivity index (χ1) is 6.56. The van der Waals surface area contributed by atoms with Crippen molar-refractivity contribution in [3.63, 3.8) is 0 Å². The molecule has 5 heteroatoms. The average Bonchev–Trinajstić information content (AvgIpc) is 2.16. The fourth-order valence-electron chi connectivity index (χ4n) is 1.33. The second-order valence-electron chi connectivity index (χ2n) is 2.86. The van der Waals surface area contributed by atoms with Crippen LogP contribution in [0.3, 0.4) is 0 Å². The number of rotatable bonds is 6. The van der Waals surface area contributed by atoms with Gasteiger partial charge in [0.1, 0.15) is 6.04 Å². The Bertz CT molecular complexity index is 201. The first kappa shape index (κ1) is 12.9. The van der Waals surface area contributed by atoms with Crippen LogP contribution in [0.2, 0.25) is 0 Å². The van der Waals surface area contributed by atoms with Crippen LogP contribution in [0.25, 0.3) is 0 Å². The first-order valence-corrected chi connectivity index (χ1v) is 4.60. The Morgan fingerprint density at radius 1 is 1.36 bits per heavy atom. The Labute approximate surface area is 83.6 Å². The number of hydrogen-bond acceptors (Lipinski definition) is 4. The zero-order valence-electron chi connectivity index (χ0n) is 8.82. The number of carbonyl (C=O) groups excluding carboxylic acids is 1. The SMILES string of the molecule is CCN(CC)C(CC(=O)O)C(=O)OC. The number of hydrogen-bond donors (Lipinski definition) is 1. The highest BCUT2D eigenvalue weighted by Gasteiger charge is 2.27. The van der Waals surface area contributed by atoms with Gasteiger partial charge < -0.3 is 9.84 Å². The van der Waals surface area contributed by atoms with E-state index in [0.29, 0.717) is 13.1 Å². The summed E-state index contributed by atoms with van der Waals surface area (Å²) in [5, 5.41) is 8.63. The summed E-state index contributed by atoms with van der Waals surface area (Å²) in [6, 6.07) is -0.674. The van der Waals surface area contributed by atoms with E-state index in [2.05, 4.69) is 4.74 Å². The molecule has 0 bridgehead atoms. The molecule has 0 aromatic carbocycles. The second-order valence-corrected chi connectivity index (χ2v) is 2.86. The van der Waals surface area contributed by atoms with E-state index in [4.69, 9.17) is 5.11 Å². The van der Waals surface area contributed by atoms with Crippen molar-refractivity contribution < 1.29 is 19.4 Å². The molecule has 1 atom stereocenters. The number of ether oxygens (including phenoxy) is 1. The van der Waals surface area contributed by atoms with Crippen molar-refractivity contribution >= 4 is 11.9 Å². The highest BCUT2D eigenvalue weighted by atomic mass is 16.5. The number of esters is 1. The number of nitrogens with zero attached hydrogens (tertiary/aromatic N) is 1. The Morgan fingerprint density at radius 2 is 1.86 bits per heavy atom. The number of methoxy groups -OCH3 is 1. The van der Waals surface area contributed by atoms with Crippen molar-refractivity contribution in [1.82, 2.24) is 4.90 Å². The lowest BCUT2D eigenvalue weighted by Crippen LogP contribution is -2.43. The lowest BCUT2D eigenvalue weighted by Gasteiger charge is -2.25. The molecule has 5 nitrogen and oxygen atoms in total. The fourth-order valence-corrected chi connectivity index (χ4v) is 1.33. The third-order valence-corrected chi connectivity index (χ3v) is 2.09. The van der Waals surface area contributed by atoms with E-state index in [-0.39, 0.29) is 6.42 Å². The van der Waals surface area contributed by atoms with Crippen LogP contribution in [0, 0.1) is 0 Å². The summed E-state index contributed by atoms with van der Waals surface area (Å²) in [6.45, 7) is 5.01. The van der Waals surface area contributed by atoms with Gasteiger partial charge in [-0.25, -0.2) is 0 Å². The van der Waals surface area contributed by atoms with E-state index < -0.39 is 18.0 Å². The van der Waals surface area contributed by atoms with Crippen LogP contribution in [0.15, 0.2) is 0 Å². The molecule has 0 rings (SSSR count). The van der Waals surface area contributed by atoms with Crippen LogP contribution in [0.4, 0.5) is 0 Å². The number of carbonyl (C=O) groups is 2. The van der Waals surface area contributed by atoms with Crippen molar-refractivity contribution in [2.75, 3.05) is 20.2 Å². The largest absolute Gasteiger partial charge is 0.481 e. The van der Waals surface area contributed by atoms with Gasteiger partial charge >= 0.3 is 11.9 Å². The molecule has 0 aliphatic heterocycles. The fraction of sp³-hybridized carbons (Fsp3) is 0.778. The van der Waals surface area contributed by atoms with Gasteiger partial charge in [-0.3, -0.25) is 14.5 Å². The van der Waals surface area contributed by atoms with Crippen LogP contribution < -0.4 is 0 Å². The molecule has 0 aliphatic rings. The number of aliphatic carboxylic acids is 1. The summed E-state index contributed by atoms with van der Waals surface area (Å²) >= 11 is 0. The minimum atomic E-state index is -0.993.